The maximum Gasteiger partial charge on any atom is 0.243 e. The molecule has 2 aliphatic rings. The van der Waals surface area contributed by atoms with E-state index >= 15 is 0 Å². The molecule has 2 aromatic carbocycles. The van der Waals surface area contributed by atoms with Crippen molar-refractivity contribution in [3.63, 3.8) is 0 Å². The molecular weight excluding hydrogens is 450 g/mol. The molecule has 8 heteroatoms. The number of ether oxygens (including phenoxy) is 1. The third kappa shape index (κ3) is 4.20. The summed E-state index contributed by atoms with van der Waals surface area (Å²) in [6.07, 6.45) is 6.00. The predicted molar refractivity (Wildman–Crippen MR) is 131 cm³/mol. The van der Waals surface area contributed by atoms with Crippen molar-refractivity contribution >= 4 is 26.8 Å². The van der Waals surface area contributed by atoms with Crippen molar-refractivity contribution in [2.75, 3.05) is 26.7 Å². The van der Waals surface area contributed by atoms with Crippen LogP contribution in [0.2, 0.25) is 0 Å². The number of fused-ring (bicyclic) bond motifs is 1. The number of aromatic amines is 1. The highest BCUT2D eigenvalue weighted by Gasteiger charge is 2.40. The summed E-state index contributed by atoms with van der Waals surface area (Å²) in [5.41, 5.74) is 2.34. The molecule has 180 valence electrons. The van der Waals surface area contributed by atoms with Crippen LogP contribution in [0, 0.1) is 0 Å². The normalized spacial score (nSPS) is 20.5. The zero-order valence-electron chi connectivity index (χ0n) is 19.4. The number of nitrogens with zero attached hydrogens (tertiary/aromatic N) is 2. The second-order valence-electron chi connectivity index (χ2n) is 9.20. The summed E-state index contributed by atoms with van der Waals surface area (Å²) in [5, 5.41) is 1.16. The Morgan fingerprint density at radius 3 is 2.50 bits per heavy atom. The SMILES string of the molecule is COc1ccc2[nH]cc(C3CCN(C(=O)C4CCCCN4S(=O)(=O)c4ccccc4)CC3)c2c1. The maximum absolute atomic E-state index is 13.5. The number of rotatable bonds is 5. The van der Waals surface area contributed by atoms with Gasteiger partial charge in [0.25, 0.3) is 0 Å². The van der Waals surface area contributed by atoms with Crippen molar-refractivity contribution in [3.05, 3.63) is 60.3 Å². The number of benzene rings is 2. The Morgan fingerprint density at radius 2 is 1.76 bits per heavy atom. The Hall–Kier alpha value is -2.84. The van der Waals surface area contributed by atoms with Crippen LogP contribution < -0.4 is 4.74 Å². The molecule has 0 spiro atoms. The van der Waals surface area contributed by atoms with E-state index in [0.29, 0.717) is 32.0 Å². The maximum atomic E-state index is 13.5. The highest BCUT2D eigenvalue weighted by molar-refractivity contribution is 7.89. The molecule has 5 rings (SSSR count). The van der Waals surface area contributed by atoms with Crippen LogP contribution >= 0.6 is 0 Å². The number of piperidine rings is 2. The summed E-state index contributed by atoms with van der Waals surface area (Å²) in [6.45, 7) is 1.66. The lowest BCUT2D eigenvalue weighted by Crippen LogP contribution is -2.54. The van der Waals surface area contributed by atoms with Gasteiger partial charge >= 0.3 is 0 Å². The van der Waals surface area contributed by atoms with Gasteiger partial charge in [0.1, 0.15) is 11.8 Å². The lowest BCUT2D eigenvalue weighted by Gasteiger charge is -2.39. The predicted octanol–water partition coefficient (Wildman–Crippen LogP) is 4.13. The number of sulfonamides is 1. The van der Waals surface area contributed by atoms with Gasteiger partial charge in [0.05, 0.1) is 12.0 Å². The van der Waals surface area contributed by atoms with Crippen molar-refractivity contribution in [2.45, 2.75) is 49.0 Å². The highest BCUT2D eigenvalue weighted by Crippen LogP contribution is 2.35. The molecule has 2 fully saturated rings. The monoisotopic (exact) mass is 481 g/mol. The molecular formula is C26H31N3O4S. The van der Waals surface area contributed by atoms with Crippen molar-refractivity contribution in [3.8, 4) is 5.75 Å². The average molecular weight is 482 g/mol. The minimum absolute atomic E-state index is 0.0572. The fraction of sp³-hybridized carbons (Fsp3) is 0.423. The Labute approximate surface area is 200 Å². The molecule has 1 amide bonds. The average Bonchev–Trinajstić information content (AvgIpc) is 3.32. The number of methoxy groups -OCH3 is 1. The second-order valence-corrected chi connectivity index (χ2v) is 11.1. The Bertz CT molecular complexity index is 1260. The van der Waals surface area contributed by atoms with Crippen LogP contribution in [0.15, 0.2) is 59.6 Å². The molecule has 2 aliphatic heterocycles. The van der Waals surface area contributed by atoms with Gasteiger partial charge in [-0.1, -0.05) is 24.6 Å². The van der Waals surface area contributed by atoms with Gasteiger partial charge in [0, 0.05) is 36.7 Å². The van der Waals surface area contributed by atoms with Gasteiger partial charge in [0.2, 0.25) is 15.9 Å². The van der Waals surface area contributed by atoms with Crippen molar-refractivity contribution < 1.29 is 17.9 Å². The van der Waals surface area contributed by atoms with Crippen LogP contribution in [0.25, 0.3) is 10.9 Å². The lowest BCUT2D eigenvalue weighted by molar-refractivity contribution is -0.137. The van der Waals surface area contributed by atoms with E-state index in [2.05, 4.69) is 17.2 Å². The topological polar surface area (TPSA) is 82.7 Å². The number of nitrogens with one attached hydrogen (secondary N) is 1. The third-order valence-electron chi connectivity index (χ3n) is 7.26. The molecule has 3 heterocycles. The minimum Gasteiger partial charge on any atom is -0.497 e. The number of amides is 1. The largest absolute Gasteiger partial charge is 0.497 e. The van der Waals surface area contributed by atoms with Gasteiger partial charge in [-0.3, -0.25) is 4.79 Å². The number of carbonyl (C=O) groups is 1. The number of aromatic nitrogens is 1. The summed E-state index contributed by atoms with van der Waals surface area (Å²) in [5.74, 6) is 1.12. The molecule has 1 unspecified atom stereocenters. The Morgan fingerprint density at radius 1 is 1.00 bits per heavy atom. The number of hydrogen-bond acceptors (Lipinski definition) is 4. The number of hydrogen-bond donors (Lipinski definition) is 1. The molecule has 1 N–H and O–H groups in total. The first-order valence-electron chi connectivity index (χ1n) is 12.0. The Balaban J connectivity index is 1.30. The van der Waals surface area contributed by atoms with Gasteiger partial charge in [-0.2, -0.15) is 4.31 Å². The molecule has 1 aromatic heterocycles. The molecule has 0 saturated carbocycles. The third-order valence-corrected chi connectivity index (χ3v) is 9.18. The first-order valence-corrected chi connectivity index (χ1v) is 13.4. The van der Waals surface area contributed by atoms with Gasteiger partial charge in [-0.25, -0.2) is 8.42 Å². The quantitative estimate of drug-likeness (QED) is 0.594. The summed E-state index contributed by atoms with van der Waals surface area (Å²) in [4.78, 5) is 19.0. The van der Waals surface area contributed by atoms with E-state index in [-0.39, 0.29) is 10.8 Å². The van der Waals surface area contributed by atoms with Crippen LogP contribution in [-0.2, 0) is 14.8 Å². The summed E-state index contributed by atoms with van der Waals surface area (Å²) in [7, 11) is -2.03. The van der Waals surface area contributed by atoms with E-state index in [1.807, 2.05) is 17.0 Å². The highest BCUT2D eigenvalue weighted by atomic mass is 32.2. The molecule has 7 nitrogen and oxygen atoms in total. The van der Waals surface area contributed by atoms with Crippen molar-refractivity contribution in [1.82, 2.24) is 14.2 Å². The van der Waals surface area contributed by atoms with E-state index in [1.54, 1.807) is 37.4 Å². The van der Waals surface area contributed by atoms with Crippen LogP contribution in [0.4, 0.5) is 0 Å². The molecule has 0 bridgehead atoms. The molecule has 2 saturated heterocycles. The van der Waals surface area contributed by atoms with Crippen LogP contribution in [0.1, 0.15) is 43.6 Å². The lowest BCUT2D eigenvalue weighted by atomic mass is 9.88. The first kappa shape index (κ1) is 22.9. The first-order chi connectivity index (χ1) is 16.5. The van der Waals surface area contributed by atoms with E-state index < -0.39 is 16.1 Å². The molecule has 3 aromatic rings. The second kappa shape index (κ2) is 9.43. The number of carbonyl (C=O) groups excluding carboxylic acids is 1. The van der Waals surface area contributed by atoms with E-state index in [1.165, 1.54) is 9.87 Å². The van der Waals surface area contributed by atoms with Crippen LogP contribution in [0.3, 0.4) is 0 Å². The fourth-order valence-corrected chi connectivity index (χ4v) is 7.05. The molecule has 1 atom stereocenters. The van der Waals surface area contributed by atoms with Gasteiger partial charge in [-0.05, 0) is 67.5 Å². The fourth-order valence-electron chi connectivity index (χ4n) is 5.38. The molecule has 0 radical (unpaired) electrons. The molecule has 34 heavy (non-hydrogen) atoms. The van der Waals surface area contributed by atoms with Crippen LogP contribution in [-0.4, -0.2) is 61.3 Å². The molecule has 0 aliphatic carbocycles. The van der Waals surface area contributed by atoms with E-state index in [4.69, 9.17) is 4.74 Å². The van der Waals surface area contributed by atoms with Crippen LogP contribution in [0.5, 0.6) is 5.75 Å². The standard InChI is InChI=1S/C26H31N3O4S/c1-33-20-10-11-24-22(17-20)23(18-27-24)19-12-15-28(16-13-19)26(30)25-9-5-6-14-29(25)34(31,32)21-7-3-2-4-8-21/h2-4,7-8,10-11,17-19,25,27H,5-6,9,12-16H2,1H3. The summed E-state index contributed by atoms with van der Waals surface area (Å²) >= 11 is 0. The smallest absolute Gasteiger partial charge is 0.243 e. The number of likely N-dealkylation sites (tertiary alicyclic amines) is 1. The summed E-state index contributed by atoms with van der Waals surface area (Å²) < 4.78 is 33.5. The Kier molecular flexibility index (Phi) is 6.36. The van der Waals surface area contributed by atoms with E-state index in [9.17, 15) is 13.2 Å². The van der Waals surface area contributed by atoms with Gasteiger partial charge in [-0.15, -0.1) is 0 Å². The van der Waals surface area contributed by atoms with Gasteiger partial charge in [0.15, 0.2) is 0 Å². The van der Waals surface area contributed by atoms with Crippen molar-refractivity contribution in [1.29, 1.82) is 0 Å². The summed E-state index contributed by atoms with van der Waals surface area (Å²) in [6, 6.07) is 13.9. The van der Waals surface area contributed by atoms with E-state index in [0.717, 1.165) is 42.3 Å². The zero-order chi connectivity index (χ0) is 23.7. The van der Waals surface area contributed by atoms with Crippen molar-refractivity contribution in [2.24, 2.45) is 0 Å². The zero-order valence-corrected chi connectivity index (χ0v) is 20.3. The minimum atomic E-state index is -3.70. The number of H-pyrrole nitrogens is 1. The van der Waals surface area contributed by atoms with Gasteiger partial charge < -0.3 is 14.6 Å².